The molecule has 1 unspecified atom stereocenters. The van der Waals surface area contributed by atoms with Crippen molar-refractivity contribution >= 4 is 89.8 Å². The maximum absolute atomic E-state index is 12.4. The van der Waals surface area contributed by atoms with Gasteiger partial charge in [0.15, 0.2) is 6.29 Å². The van der Waals surface area contributed by atoms with Gasteiger partial charge in [0.2, 0.25) is 5.44 Å². The lowest BCUT2D eigenvalue weighted by molar-refractivity contribution is -0.304. The Labute approximate surface area is 266 Å². The number of aliphatic hydroxyl groups excluding tert-OH is 4. The number of benzene rings is 1. The van der Waals surface area contributed by atoms with E-state index in [0.29, 0.717) is 31.4 Å². The van der Waals surface area contributed by atoms with Crippen LogP contribution < -0.4 is 5.32 Å². The van der Waals surface area contributed by atoms with Crippen LogP contribution in [0.5, 0.6) is 0 Å². The first-order chi connectivity index (χ1) is 18.2. The average Bonchev–Trinajstić information content (AvgIpc) is 2.86. The summed E-state index contributed by atoms with van der Waals surface area (Å²) in [5.41, 5.74) is -1.94. The molecule has 0 radical (unpaired) electrons. The van der Waals surface area contributed by atoms with Gasteiger partial charge < -0.3 is 40.0 Å². The van der Waals surface area contributed by atoms with Crippen molar-refractivity contribution in [2.45, 2.75) is 68.2 Å². The van der Waals surface area contributed by atoms with Crippen LogP contribution in [-0.4, -0.2) is 101 Å². The topological polar surface area (TPSA) is 209 Å². The Morgan fingerprint density at radius 2 is 1.69 bits per heavy atom. The summed E-state index contributed by atoms with van der Waals surface area (Å²) in [5.74, 6) is -0.565. The monoisotopic (exact) mass is 913 g/mol. The van der Waals surface area contributed by atoms with Crippen LogP contribution in [0.15, 0.2) is 12.1 Å². The molecule has 13 nitrogen and oxygen atoms in total. The van der Waals surface area contributed by atoms with E-state index in [1.165, 1.54) is 0 Å². The summed E-state index contributed by atoms with van der Waals surface area (Å²) in [7, 11) is -5.03. The van der Waals surface area contributed by atoms with Gasteiger partial charge in [-0.15, -0.1) is 0 Å². The van der Waals surface area contributed by atoms with E-state index in [9.17, 15) is 38.4 Å². The van der Waals surface area contributed by atoms with Crippen molar-refractivity contribution in [3.05, 3.63) is 28.4 Å². The summed E-state index contributed by atoms with van der Waals surface area (Å²) >= 11 is 6.51. The predicted molar refractivity (Wildman–Crippen MR) is 161 cm³/mol. The zero-order chi connectivity index (χ0) is 29.3. The molecule has 1 saturated heterocycles. The Morgan fingerprint density at radius 1 is 1.00 bits per heavy atom. The minimum atomic E-state index is -5.03. The molecule has 17 heteroatoms. The number of carbonyl (C=O) groups is 2. The molecule has 0 aromatic heterocycles. The minimum Gasteiger partial charge on any atom is -0.466 e. The molecular formula is C22H30I3NO12S. The van der Waals surface area contributed by atoms with E-state index >= 15 is 0 Å². The quantitative estimate of drug-likeness (QED) is 0.0503. The molecule has 1 fully saturated rings. The molecule has 0 aliphatic carbocycles. The van der Waals surface area contributed by atoms with Crippen LogP contribution in [0.3, 0.4) is 0 Å². The second-order valence-corrected chi connectivity index (χ2v) is 13.6. The molecule has 0 saturated carbocycles. The Hall–Kier alpha value is 0.0200. The number of aliphatic hydroxyl groups is 4. The number of esters is 1. The molecule has 1 heterocycles. The molecule has 39 heavy (non-hydrogen) atoms. The predicted octanol–water partition coefficient (Wildman–Crippen LogP) is 0.754. The van der Waals surface area contributed by atoms with Crippen molar-refractivity contribution in [2.75, 3.05) is 19.8 Å². The van der Waals surface area contributed by atoms with Crippen LogP contribution in [0.4, 0.5) is 0 Å². The number of halogens is 3. The molecule has 6 atom stereocenters. The lowest BCUT2D eigenvalue weighted by Gasteiger charge is -2.41. The first-order valence-corrected chi connectivity index (χ1v) is 16.5. The largest absolute Gasteiger partial charge is 0.466 e. The Morgan fingerprint density at radius 3 is 2.36 bits per heavy atom. The first-order valence-electron chi connectivity index (χ1n) is 11.8. The third kappa shape index (κ3) is 11.0. The number of rotatable bonds is 14. The summed E-state index contributed by atoms with van der Waals surface area (Å²) in [5, 5.41) is 42.2. The van der Waals surface area contributed by atoms with Gasteiger partial charge in [-0.1, -0.05) is 6.42 Å². The highest BCUT2D eigenvalue weighted by atomic mass is 127. The molecule has 0 bridgehead atoms. The number of hydrogen-bond donors (Lipinski definition) is 6. The normalized spacial score (nSPS) is 24.3. The Kier molecular flexibility index (Phi) is 15.0. The van der Waals surface area contributed by atoms with Gasteiger partial charge in [-0.05, 0) is 92.7 Å². The van der Waals surface area contributed by atoms with Gasteiger partial charge in [-0.2, -0.15) is 8.42 Å². The number of hydrogen-bond acceptors (Lipinski definition) is 11. The van der Waals surface area contributed by atoms with E-state index in [1.54, 1.807) is 0 Å². The molecule has 1 aliphatic rings. The van der Waals surface area contributed by atoms with E-state index in [0.717, 1.165) is 10.7 Å². The van der Waals surface area contributed by atoms with Crippen LogP contribution >= 0.6 is 67.8 Å². The lowest BCUT2D eigenvalue weighted by atomic mass is 9.99. The van der Waals surface area contributed by atoms with E-state index in [4.69, 9.17) is 18.8 Å². The van der Waals surface area contributed by atoms with E-state index in [1.807, 2.05) is 12.1 Å². The molecule has 1 aliphatic heterocycles. The molecule has 2 rings (SSSR count). The molecule has 1 aromatic carbocycles. The number of amides is 1. The smallest absolute Gasteiger partial charge is 0.305 e. The van der Waals surface area contributed by atoms with E-state index in [2.05, 4.69) is 73.1 Å². The molecule has 222 valence electrons. The zero-order valence-electron chi connectivity index (χ0n) is 20.4. The molecule has 0 spiro atoms. The second kappa shape index (κ2) is 16.6. The van der Waals surface area contributed by atoms with Crippen LogP contribution in [0.1, 0.15) is 42.5 Å². The minimum absolute atomic E-state index is 0.0206. The number of unbranched alkanes of at least 4 members (excludes halogenated alkanes) is 2. The number of nitrogens with one attached hydrogen (secondary N) is 1. The highest BCUT2D eigenvalue weighted by Gasteiger charge is 2.49. The highest BCUT2D eigenvalue weighted by Crippen LogP contribution is 2.26. The van der Waals surface area contributed by atoms with Gasteiger partial charge in [0.05, 0.1) is 18.8 Å². The number of ether oxygens (including phenoxy) is 3. The SMILES string of the molecule is O=C(CCCCCNC(=O)c1cc(I)cc(I)c1I)OCCCO[C@H]1O[C@H](C(O)S(=O)(=O)O)[C@@H](O)[C@H](O)[C@H]1O. The fourth-order valence-corrected chi connectivity index (χ4v) is 6.49. The Bertz CT molecular complexity index is 1090. The van der Waals surface area contributed by atoms with Crippen molar-refractivity contribution in [1.29, 1.82) is 0 Å². The van der Waals surface area contributed by atoms with E-state index in [-0.39, 0.29) is 32.0 Å². The third-order valence-corrected chi connectivity index (χ3v) is 10.2. The van der Waals surface area contributed by atoms with Gasteiger partial charge in [0.25, 0.3) is 16.0 Å². The summed E-state index contributed by atoms with van der Waals surface area (Å²) in [6, 6.07) is 3.83. The van der Waals surface area contributed by atoms with Crippen LogP contribution in [0, 0.1) is 10.7 Å². The third-order valence-electron chi connectivity index (χ3n) is 5.61. The second-order valence-electron chi connectivity index (χ2n) is 8.61. The summed E-state index contributed by atoms with van der Waals surface area (Å²) < 4.78 is 49.5. The first kappa shape index (κ1) is 35.2. The fraction of sp³-hybridized carbons (Fsp3) is 0.636. The molecule has 1 amide bonds. The summed E-state index contributed by atoms with van der Waals surface area (Å²) in [6.45, 7) is 0.324. The number of carbonyl (C=O) groups excluding carboxylic acids is 2. The van der Waals surface area contributed by atoms with Crippen LogP contribution in [0.25, 0.3) is 0 Å². The highest BCUT2D eigenvalue weighted by molar-refractivity contribution is 14.1. The fourth-order valence-electron chi connectivity index (χ4n) is 3.52. The maximum atomic E-state index is 12.4. The van der Waals surface area contributed by atoms with Crippen LogP contribution in [-0.2, 0) is 29.1 Å². The van der Waals surface area contributed by atoms with Crippen molar-refractivity contribution in [2.24, 2.45) is 0 Å². The van der Waals surface area contributed by atoms with Crippen molar-refractivity contribution in [1.82, 2.24) is 5.32 Å². The van der Waals surface area contributed by atoms with Gasteiger partial charge in [0, 0.05) is 30.1 Å². The standard InChI is InChI=1S/C22H30I3NO12S/c23-11-9-12(15(25)13(24)10-11)20(31)26-6-3-1-2-5-14(27)36-7-4-8-37-22-18(30)16(28)17(29)19(38-22)21(32)39(33,34)35/h9-10,16-19,21-22,28-30,32H,1-8H2,(H,26,31)(H,33,34,35)/t16-,17-,18+,19-,21?,22-/m0/s1. The van der Waals surface area contributed by atoms with Crippen molar-refractivity contribution < 1.29 is 57.2 Å². The van der Waals surface area contributed by atoms with Crippen molar-refractivity contribution in [3.8, 4) is 0 Å². The molecule has 6 N–H and O–H groups in total. The maximum Gasteiger partial charge on any atom is 0.305 e. The van der Waals surface area contributed by atoms with Crippen LogP contribution in [0.2, 0.25) is 0 Å². The molecular weight excluding hydrogens is 883 g/mol. The lowest BCUT2D eigenvalue weighted by Crippen LogP contribution is -2.62. The van der Waals surface area contributed by atoms with E-state index < -0.39 is 52.2 Å². The van der Waals surface area contributed by atoms with Gasteiger partial charge in [-0.25, -0.2) is 0 Å². The summed E-state index contributed by atoms with van der Waals surface area (Å²) in [4.78, 5) is 24.3. The van der Waals surface area contributed by atoms with Gasteiger partial charge >= 0.3 is 5.97 Å². The van der Waals surface area contributed by atoms with Crippen molar-refractivity contribution in [3.63, 3.8) is 0 Å². The zero-order valence-corrected chi connectivity index (χ0v) is 27.7. The van der Waals surface area contributed by atoms with Gasteiger partial charge in [0.1, 0.15) is 24.4 Å². The average molecular weight is 913 g/mol. The molecule has 1 aromatic rings. The van der Waals surface area contributed by atoms with Gasteiger partial charge in [-0.3, -0.25) is 14.1 Å². The Balaban J connectivity index is 1.60. The summed E-state index contributed by atoms with van der Waals surface area (Å²) in [6.07, 6.45) is -6.92.